The van der Waals surface area contributed by atoms with Crippen molar-refractivity contribution in [2.45, 2.75) is 19.3 Å². The van der Waals surface area contributed by atoms with Crippen LogP contribution in [0.2, 0.25) is 5.02 Å². The second kappa shape index (κ2) is 6.48. The fourth-order valence-electron chi connectivity index (χ4n) is 1.87. The summed E-state index contributed by atoms with van der Waals surface area (Å²) in [6, 6.07) is 14.1. The molecule has 0 spiro atoms. The monoisotopic (exact) mass is 275 g/mol. The zero-order valence-electron chi connectivity index (χ0n) is 10.3. The van der Waals surface area contributed by atoms with E-state index in [-0.39, 0.29) is 11.6 Å². The van der Waals surface area contributed by atoms with Crippen molar-refractivity contribution in [3.05, 3.63) is 70.5 Å². The fourth-order valence-corrected chi connectivity index (χ4v) is 2.07. The lowest BCUT2D eigenvalue weighted by molar-refractivity contribution is 0.0980. The molecule has 0 aliphatic rings. The highest BCUT2D eigenvalue weighted by Gasteiger charge is 2.06. The van der Waals surface area contributed by atoms with Crippen LogP contribution in [-0.2, 0) is 6.42 Å². The lowest BCUT2D eigenvalue weighted by Crippen LogP contribution is -2.00. The Morgan fingerprint density at radius 1 is 1.21 bits per heavy atom. The van der Waals surface area contributed by atoms with E-state index in [1.54, 1.807) is 6.07 Å². The maximum absolute atomic E-state index is 12.7. The summed E-state index contributed by atoms with van der Waals surface area (Å²) in [4.78, 5) is 11.9. The number of aryl methyl sites for hydroxylation is 1. The zero-order valence-corrected chi connectivity index (χ0v) is 11.1. The lowest BCUT2D eigenvalue weighted by atomic mass is 10.0. The molecule has 0 atom stereocenters. The van der Waals surface area contributed by atoms with Crippen LogP contribution in [0.4, 0.5) is 4.39 Å². The van der Waals surface area contributed by atoms with Crippen LogP contribution in [0.1, 0.15) is 28.8 Å². The molecule has 1 radical (unpaired) electrons. The molecule has 0 bridgehead atoms. The van der Waals surface area contributed by atoms with Gasteiger partial charge in [0.1, 0.15) is 5.82 Å². The number of Topliss-reactive ketones (excluding diaryl/α,β-unsaturated/α-hetero) is 1. The summed E-state index contributed by atoms with van der Waals surface area (Å²) in [5, 5.41) is 0.586. The molecule has 0 aromatic heterocycles. The van der Waals surface area contributed by atoms with E-state index in [0.717, 1.165) is 18.4 Å². The van der Waals surface area contributed by atoms with Crippen LogP contribution in [-0.4, -0.2) is 5.78 Å². The molecule has 3 heteroatoms. The molecule has 0 aliphatic heterocycles. The summed E-state index contributed by atoms with van der Waals surface area (Å²) < 4.78 is 12.7. The van der Waals surface area contributed by atoms with Crippen LogP contribution in [0.25, 0.3) is 0 Å². The molecule has 2 rings (SSSR count). The summed E-state index contributed by atoms with van der Waals surface area (Å²) in [6.45, 7) is 0. The summed E-state index contributed by atoms with van der Waals surface area (Å²) in [6.07, 6.45) is 1.99. The van der Waals surface area contributed by atoms with Gasteiger partial charge in [0, 0.05) is 23.1 Å². The Morgan fingerprint density at radius 2 is 1.95 bits per heavy atom. The first-order valence-corrected chi connectivity index (χ1v) is 6.48. The van der Waals surface area contributed by atoms with E-state index in [1.807, 2.05) is 12.1 Å². The minimum Gasteiger partial charge on any atom is -0.294 e. The Kier molecular flexibility index (Phi) is 4.69. The van der Waals surface area contributed by atoms with Gasteiger partial charge in [0.2, 0.25) is 0 Å². The van der Waals surface area contributed by atoms with Gasteiger partial charge in [0.05, 0.1) is 0 Å². The second-order valence-corrected chi connectivity index (χ2v) is 4.74. The van der Waals surface area contributed by atoms with Crippen molar-refractivity contribution < 1.29 is 9.18 Å². The van der Waals surface area contributed by atoms with Gasteiger partial charge in [-0.25, -0.2) is 4.39 Å². The summed E-state index contributed by atoms with van der Waals surface area (Å²) >= 11 is 5.84. The number of hydrogen-bond acceptors (Lipinski definition) is 1. The molecule has 0 fully saturated rings. The van der Waals surface area contributed by atoms with E-state index in [1.165, 1.54) is 24.3 Å². The highest BCUT2D eigenvalue weighted by Crippen LogP contribution is 2.14. The third-order valence-corrected chi connectivity index (χ3v) is 3.08. The molecule has 19 heavy (non-hydrogen) atoms. The summed E-state index contributed by atoms with van der Waals surface area (Å²) in [7, 11) is 0. The van der Waals surface area contributed by atoms with Crippen LogP contribution < -0.4 is 0 Å². The molecule has 1 nitrogen and oxygen atoms in total. The number of carbonyl (C=O) groups is 1. The number of halogens is 2. The molecular formula is C16H13ClFO. The number of hydrogen-bond donors (Lipinski definition) is 0. The van der Waals surface area contributed by atoms with Gasteiger partial charge < -0.3 is 0 Å². The Bertz CT molecular complexity index is 563. The standard InChI is InChI=1S/C16H13ClFO/c17-14-5-1-3-12(11-14)4-2-6-16(19)13-7-9-15(18)10-8-13/h1,3,7-11H,2,4,6H2. The van der Waals surface area contributed by atoms with Gasteiger partial charge in [-0.05, 0) is 48.7 Å². The average Bonchev–Trinajstić information content (AvgIpc) is 2.39. The Hall–Kier alpha value is -1.67. The van der Waals surface area contributed by atoms with Crippen molar-refractivity contribution in [2.24, 2.45) is 0 Å². The van der Waals surface area contributed by atoms with Crippen molar-refractivity contribution in [1.29, 1.82) is 0 Å². The lowest BCUT2D eigenvalue weighted by Gasteiger charge is -2.02. The van der Waals surface area contributed by atoms with E-state index >= 15 is 0 Å². The van der Waals surface area contributed by atoms with E-state index < -0.39 is 0 Å². The maximum Gasteiger partial charge on any atom is 0.162 e. The quantitative estimate of drug-likeness (QED) is 0.735. The van der Waals surface area contributed by atoms with Crippen LogP contribution in [0, 0.1) is 11.9 Å². The third-order valence-electron chi connectivity index (χ3n) is 2.87. The van der Waals surface area contributed by atoms with Gasteiger partial charge in [-0.3, -0.25) is 4.79 Å². The molecule has 0 N–H and O–H groups in total. The third kappa shape index (κ3) is 4.18. The van der Waals surface area contributed by atoms with Gasteiger partial charge in [-0.15, -0.1) is 0 Å². The SMILES string of the molecule is O=C(CCCc1cc[c]c(Cl)c1)c1ccc(F)cc1. The second-order valence-electron chi connectivity index (χ2n) is 4.33. The Labute approximate surface area is 117 Å². The van der Waals surface area contributed by atoms with Crippen molar-refractivity contribution in [1.82, 2.24) is 0 Å². The van der Waals surface area contributed by atoms with Crippen LogP contribution in [0.5, 0.6) is 0 Å². The molecular weight excluding hydrogens is 263 g/mol. The molecule has 0 saturated carbocycles. The fraction of sp³-hybridized carbons (Fsp3) is 0.188. The topological polar surface area (TPSA) is 17.1 Å². The summed E-state index contributed by atoms with van der Waals surface area (Å²) in [5.41, 5.74) is 1.65. The van der Waals surface area contributed by atoms with E-state index in [2.05, 4.69) is 6.07 Å². The first kappa shape index (κ1) is 13.8. The van der Waals surface area contributed by atoms with Crippen molar-refractivity contribution in [3.63, 3.8) is 0 Å². The predicted molar refractivity (Wildman–Crippen MR) is 74.0 cm³/mol. The minimum absolute atomic E-state index is 0.0357. The van der Waals surface area contributed by atoms with Crippen LogP contribution in [0.15, 0.2) is 42.5 Å². The smallest absolute Gasteiger partial charge is 0.162 e. The van der Waals surface area contributed by atoms with Gasteiger partial charge in [-0.1, -0.05) is 23.7 Å². The molecule has 2 aromatic rings. The minimum atomic E-state index is -0.327. The van der Waals surface area contributed by atoms with Gasteiger partial charge in [0.25, 0.3) is 0 Å². The Balaban J connectivity index is 1.86. The van der Waals surface area contributed by atoms with Crippen LogP contribution in [0.3, 0.4) is 0 Å². The number of ketones is 1. The number of benzene rings is 2. The maximum atomic E-state index is 12.7. The number of carbonyl (C=O) groups excluding carboxylic acids is 1. The molecule has 0 amide bonds. The van der Waals surface area contributed by atoms with Crippen molar-refractivity contribution in [3.8, 4) is 0 Å². The molecule has 0 aliphatic carbocycles. The Morgan fingerprint density at radius 3 is 2.63 bits per heavy atom. The molecule has 97 valence electrons. The van der Waals surface area contributed by atoms with Gasteiger partial charge in [-0.2, -0.15) is 0 Å². The predicted octanol–water partition coefficient (Wildman–Crippen LogP) is 4.48. The van der Waals surface area contributed by atoms with Gasteiger partial charge in [0.15, 0.2) is 5.78 Å². The van der Waals surface area contributed by atoms with E-state index in [4.69, 9.17) is 11.6 Å². The highest BCUT2D eigenvalue weighted by atomic mass is 35.5. The number of rotatable bonds is 5. The van der Waals surface area contributed by atoms with Crippen molar-refractivity contribution >= 4 is 17.4 Å². The first-order valence-electron chi connectivity index (χ1n) is 6.10. The van der Waals surface area contributed by atoms with Crippen LogP contribution >= 0.6 is 11.6 Å². The highest BCUT2D eigenvalue weighted by molar-refractivity contribution is 6.30. The molecule has 0 saturated heterocycles. The first-order chi connectivity index (χ1) is 9.15. The summed E-state index contributed by atoms with van der Waals surface area (Å²) in [5.74, 6) is -0.291. The van der Waals surface area contributed by atoms with E-state index in [0.29, 0.717) is 17.0 Å². The molecule has 0 heterocycles. The van der Waals surface area contributed by atoms with E-state index in [9.17, 15) is 9.18 Å². The largest absolute Gasteiger partial charge is 0.294 e. The zero-order chi connectivity index (χ0) is 13.7. The normalized spacial score (nSPS) is 10.4. The van der Waals surface area contributed by atoms with Gasteiger partial charge >= 0.3 is 0 Å². The molecule has 0 unspecified atom stereocenters. The van der Waals surface area contributed by atoms with Crippen molar-refractivity contribution in [2.75, 3.05) is 0 Å². The average molecular weight is 276 g/mol. The molecule has 2 aromatic carbocycles.